The first-order chi connectivity index (χ1) is 15.0. The van der Waals surface area contributed by atoms with Crippen molar-refractivity contribution in [2.75, 3.05) is 18.2 Å². The molecule has 31 heavy (non-hydrogen) atoms. The summed E-state index contributed by atoms with van der Waals surface area (Å²) in [5, 5.41) is 11.9. The number of thioether (sulfide) groups is 1. The van der Waals surface area contributed by atoms with Gasteiger partial charge in [-0.2, -0.15) is 0 Å². The molecule has 0 saturated heterocycles. The molecule has 9 heteroatoms. The van der Waals surface area contributed by atoms with E-state index in [0.717, 1.165) is 5.75 Å². The van der Waals surface area contributed by atoms with Crippen molar-refractivity contribution in [3.63, 3.8) is 0 Å². The van der Waals surface area contributed by atoms with Gasteiger partial charge in [-0.1, -0.05) is 29.5 Å². The van der Waals surface area contributed by atoms with Gasteiger partial charge in [0.25, 0.3) is 0 Å². The van der Waals surface area contributed by atoms with Gasteiger partial charge in [0.1, 0.15) is 12.4 Å². The van der Waals surface area contributed by atoms with Crippen LogP contribution in [0.25, 0.3) is 0 Å². The van der Waals surface area contributed by atoms with Gasteiger partial charge in [-0.05, 0) is 50.2 Å². The van der Waals surface area contributed by atoms with Crippen LogP contribution in [0.15, 0.2) is 53.7 Å². The summed E-state index contributed by atoms with van der Waals surface area (Å²) in [5.74, 6) is 1.04. The lowest BCUT2D eigenvalue weighted by atomic mass is 10.2. The molecule has 8 nitrogen and oxygen atoms in total. The van der Waals surface area contributed by atoms with E-state index in [0.29, 0.717) is 35.4 Å². The zero-order valence-electron chi connectivity index (χ0n) is 17.6. The molecule has 3 aromatic rings. The van der Waals surface area contributed by atoms with Crippen LogP contribution >= 0.6 is 11.8 Å². The number of methoxy groups -OCH3 is 1. The molecule has 0 unspecified atom stereocenters. The first-order valence-electron chi connectivity index (χ1n) is 9.72. The number of rotatable bonds is 9. The molecule has 0 bridgehead atoms. The van der Waals surface area contributed by atoms with Gasteiger partial charge in [0, 0.05) is 12.2 Å². The van der Waals surface area contributed by atoms with Gasteiger partial charge >= 0.3 is 5.97 Å². The molecule has 3 rings (SSSR count). The van der Waals surface area contributed by atoms with E-state index in [1.165, 1.54) is 24.4 Å². The predicted molar refractivity (Wildman–Crippen MR) is 118 cm³/mol. The molecular weight excluding hydrogens is 416 g/mol. The fourth-order valence-corrected chi connectivity index (χ4v) is 3.59. The lowest BCUT2D eigenvalue weighted by molar-refractivity contribution is -0.113. The molecule has 1 N–H and O–H groups in total. The summed E-state index contributed by atoms with van der Waals surface area (Å²) in [6.07, 6.45) is 0. The number of carbonyl (C=O) groups is 2. The second kappa shape index (κ2) is 10.6. The van der Waals surface area contributed by atoms with Crippen LogP contribution in [0.5, 0.6) is 5.75 Å². The minimum atomic E-state index is -0.422. The van der Waals surface area contributed by atoms with Crippen molar-refractivity contribution in [3.05, 3.63) is 65.5 Å². The zero-order chi connectivity index (χ0) is 22.2. The molecular formula is C22H24N4O4S. The number of benzene rings is 2. The molecule has 0 aliphatic carbocycles. The van der Waals surface area contributed by atoms with Gasteiger partial charge in [-0.25, -0.2) is 4.79 Å². The highest BCUT2D eigenvalue weighted by Crippen LogP contribution is 2.20. The van der Waals surface area contributed by atoms with Crippen LogP contribution in [-0.2, 0) is 22.7 Å². The largest absolute Gasteiger partial charge is 0.486 e. The summed E-state index contributed by atoms with van der Waals surface area (Å²) in [6, 6.07) is 14.3. The second-order valence-electron chi connectivity index (χ2n) is 6.65. The van der Waals surface area contributed by atoms with E-state index >= 15 is 0 Å². The van der Waals surface area contributed by atoms with Crippen LogP contribution in [0.3, 0.4) is 0 Å². The minimum Gasteiger partial charge on any atom is -0.486 e. The Morgan fingerprint density at radius 3 is 2.42 bits per heavy atom. The molecule has 1 amide bonds. The number of carbonyl (C=O) groups excluding carboxylic acids is 2. The first-order valence-corrected chi connectivity index (χ1v) is 10.7. The van der Waals surface area contributed by atoms with Crippen LogP contribution in [0.1, 0.15) is 28.7 Å². The second-order valence-corrected chi connectivity index (χ2v) is 7.59. The molecule has 0 radical (unpaired) electrons. The Balaban J connectivity index is 1.54. The van der Waals surface area contributed by atoms with Gasteiger partial charge in [0.05, 0.1) is 18.4 Å². The van der Waals surface area contributed by atoms with E-state index < -0.39 is 5.97 Å². The number of esters is 1. The standard InChI is InChI=1S/C22H24N4O4S/c1-4-26-19(13-30-18-11-5-15(2)6-12-18)24-25-22(26)31-14-20(27)23-17-9-7-16(8-10-17)21(28)29-3/h5-12H,4,13-14H2,1-3H3,(H,23,27). The molecule has 1 heterocycles. The lowest BCUT2D eigenvalue weighted by Gasteiger charge is -2.09. The summed E-state index contributed by atoms with van der Waals surface area (Å²) < 4.78 is 12.4. The molecule has 0 fully saturated rings. The number of nitrogens with zero attached hydrogens (tertiary/aromatic N) is 3. The highest BCUT2D eigenvalue weighted by molar-refractivity contribution is 7.99. The fourth-order valence-electron chi connectivity index (χ4n) is 2.77. The van der Waals surface area contributed by atoms with Crippen LogP contribution in [0, 0.1) is 6.92 Å². The summed E-state index contributed by atoms with van der Waals surface area (Å²) in [5.41, 5.74) is 2.19. The highest BCUT2D eigenvalue weighted by atomic mass is 32.2. The molecule has 2 aromatic carbocycles. The van der Waals surface area contributed by atoms with E-state index in [4.69, 9.17) is 4.74 Å². The minimum absolute atomic E-state index is 0.176. The number of ether oxygens (including phenoxy) is 2. The number of amides is 1. The Labute approximate surface area is 185 Å². The van der Waals surface area contributed by atoms with Crippen molar-refractivity contribution in [1.82, 2.24) is 14.8 Å². The van der Waals surface area contributed by atoms with Gasteiger partial charge in [0.2, 0.25) is 5.91 Å². The first kappa shape index (κ1) is 22.4. The van der Waals surface area contributed by atoms with Crippen LogP contribution < -0.4 is 10.1 Å². The number of aryl methyl sites for hydroxylation is 1. The van der Waals surface area contributed by atoms with Gasteiger partial charge in [-0.15, -0.1) is 10.2 Å². The average Bonchev–Trinajstić information content (AvgIpc) is 3.19. The average molecular weight is 441 g/mol. The third-order valence-electron chi connectivity index (χ3n) is 4.42. The van der Waals surface area contributed by atoms with E-state index in [1.807, 2.05) is 42.7 Å². The molecule has 0 spiro atoms. The topological polar surface area (TPSA) is 95.3 Å². The molecule has 0 aliphatic rings. The molecule has 0 saturated carbocycles. The number of hydrogen-bond acceptors (Lipinski definition) is 7. The van der Waals surface area contributed by atoms with Crippen LogP contribution in [-0.4, -0.2) is 39.5 Å². The quantitative estimate of drug-likeness (QED) is 0.400. The van der Waals surface area contributed by atoms with Crippen molar-refractivity contribution in [2.45, 2.75) is 32.2 Å². The summed E-state index contributed by atoms with van der Waals surface area (Å²) >= 11 is 1.30. The highest BCUT2D eigenvalue weighted by Gasteiger charge is 2.14. The Bertz CT molecular complexity index is 1030. The smallest absolute Gasteiger partial charge is 0.337 e. The Morgan fingerprint density at radius 2 is 1.77 bits per heavy atom. The maximum absolute atomic E-state index is 12.3. The van der Waals surface area contributed by atoms with Crippen LogP contribution in [0.4, 0.5) is 5.69 Å². The van der Waals surface area contributed by atoms with Gasteiger partial charge in [-0.3, -0.25) is 4.79 Å². The maximum atomic E-state index is 12.3. The van der Waals surface area contributed by atoms with E-state index in [1.54, 1.807) is 24.3 Å². The molecule has 162 valence electrons. The van der Waals surface area contributed by atoms with Crippen molar-refractivity contribution in [3.8, 4) is 5.75 Å². The molecule has 0 atom stereocenters. The molecule has 1 aromatic heterocycles. The lowest BCUT2D eigenvalue weighted by Crippen LogP contribution is -2.15. The number of aromatic nitrogens is 3. The van der Waals surface area contributed by atoms with Crippen molar-refractivity contribution >= 4 is 29.3 Å². The summed E-state index contributed by atoms with van der Waals surface area (Å²) in [4.78, 5) is 23.8. The monoisotopic (exact) mass is 440 g/mol. The van der Waals surface area contributed by atoms with Gasteiger partial charge < -0.3 is 19.4 Å². The summed E-state index contributed by atoms with van der Waals surface area (Å²) in [6.45, 7) is 4.97. The Kier molecular flexibility index (Phi) is 7.66. The Morgan fingerprint density at radius 1 is 1.06 bits per heavy atom. The molecule has 0 aliphatic heterocycles. The van der Waals surface area contributed by atoms with Crippen LogP contribution in [0.2, 0.25) is 0 Å². The fraction of sp³-hybridized carbons (Fsp3) is 0.273. The third kappa shape index (κ3) is 6.08. The maximum Gasteiger partial charge on any atom is 0.337 e. The van der Waals surface area contributed by atoms with E-state index in [9.17, 15) is 9.59 Å². The number of hydrogen-bond donors (Lipinski definition) is 1. The predicted octanol–water partition coefficient (Wildman–Crippen LogP) is 3.70. The number of anilines is 1. The zero-order valence-corrected chi connectivity index (χ0v) is 18.4. The Hall–Kier alpha value is -3.33. The third-order valence-corrected chi connectivity index (χ3v) is 5.39. The van der Waals surface area contributed by atoms with E-state index in [-0.39, 0.29) is 11.7 Å². The number of nitrogens with one attached hydrogen (secondary N) is 1. The van der Waals surface area contributed by atoms with Crippen molar-refractivity contribution < 1.29 is 19.1 Å². The normalized spacial score (nSPS) is 10.5. The SMILES string of the molecule is CCn1c(COc2ccc(C)cc2)nnc1SCC(=O)Nc1ccc(C(=O)OC)cc1. The summed E-state index contributed by atoms with van der Waals surface area (Å²) in [7, 11) is 1.32. The van der Waals surface area contributed by atoms with Crippen molar-refractivity contribution in [2.24, 2.45) is 0 Å². The van der Waals surface area contributed by atoms with E-state index in [2.05, 4.69) is 20.3 Å². The van der Waals surface area contributed by atoms with Crippen molar-refractivity contribution in [1.29, 1.82) is 0 Å². The van der Waals surface area contributed by atoms with Gasteiger partial charge in [0.15, 0.2) is 11.0 Å².